The second kappa shape index (κ2) is 6.21. The fourth-order valence-corrected chi connectivity index (χ4v) is 1.39. The van der Waals surface area contributed by atoms with E-state index in [-0.39, 0.29) is 18.5 Å². The summed E-state index contributed by atoms with van der Waals surface area (Å²) in [4.78, 5) is 23.0. The Morgan fingerprint density at radius 2 is 1.74 bits per heavy atom. The molecule has 0 unspecified atom stereocenters. The van der Waals surface area contributed by atoms with Crippen molar-refractivity contribution in [1.82, 2.24) is 4.90 Å². The largest absolute Gasteiger partial charge is 0.481 e. The molecule has 0 aliphatic carbocycles. The van der Waals surface area contributed by atoms with Crippen molar-refractivity contribution in [3.63, 3.8) is 0 Å². The van der Waals surface area contributed by atoms with E-state index in [2.05, 4.69) is 0 Å². The number of hydrogen-bond donors (Lipinski definition) is 1. The molecular formula is C12H12F3NO3. The van der Waals surface area contributed by atoms with Gasteiger partial charge in [0.1, 0.15) is 5.82 Å². The monoisotopic (exact) mass is 275 g/mol. The summed E-state index contributed by atoms with van der Waals surface area (Å²) in [7, 11) is 1.35. The molecule has 0 bridgehead atoms. The Balaban J connectivity index is 2.71. The van der Waals surface area contributed by atoms with Crippen LogP contribution in [0.5, 0.6) is 0 Å². The van der Waals surface area contributed by atoms with Gasteiger partial charge < -0.3 is 10.0 Å². The minimum absolute atomic E-state index is 0.0422. The van der Waals surface area contributed by atoms with Gasteiger partial charge in [-0.15, -0.1) is 0 Å². The summed E-state index contributed by atoms with van der Waals surface area (Å²) in [5.41, 5.74) is -0.272. The Labute approximate surface area is 107 Å². The summed E-state index contributed by atoms with van der Waals surface area (Å²) in [6, 6.07) is 0.989. The van der Waals surface area contributed by atoms with Gasteiger partial charge in [-0.05, 0) is 6.07 Å². The van der Waals surface area contributed by atoms with Crippen LogP contribution in [0.15, 0.2) is 12.1 Å². The van der Waals surface area contributed by atoms with Crippen LogP contribution in [0.2, 0.25) is 0 Å². The summed E-state index contributed by atoms with van der Waals surface area (Å²) < 4.78 is 38.9. The highest BCUT2D eigenvalue weighted by Gasteiger charge is 2.16. The lowest BCUT2D eigenvalue weighted by Crippen LogP contribution is -2.30. The quantitative estimate of drug-likeness (QED) is 0.830. The van der Waals surface area contributed by atoms with E-state index >= 15 is 0 Å². The third kappa shape index (κ3) is 4.27. The summed E-state index contributed by atoms with van der Waals surface area (Å²) in [6.45, 7) is -0.0422. The van der Waals surface area contributed by atoms with Crippen molar-refractivity contribution in [2.75, 3.05) is 13.6 Å². The van der Waals surface area contributed by atoms with Crippen LogP contribution >= 0.6 is 0 Å². The van der Waals surface area contributed by atoms with Crippen LogP contribution < -0.4 is 0 Å². The van der Waals surface area contributed by atoms with Crippen molar-refractivity contribution < 1.29 is 27.9 Å². The summed E-state index contributed by atoms with van der Waals surface area (Å²) in [6.07, 6.45) is -0.707. The third-order valence-electron chi connectivity index (χ3n) is 2.52. The highest BCUT2D eigenvalue weighted by atomic mass is 19.2. The van der Waals surface area contributed by atoms with E-state index in [9.17, 15) is 22.8 Å². The Morgan fingerprint density at radius 1 is 1.16 bits per heavy atom. The molecule has 19 heavy (non-hydrogen) atoms. The Morgan fingerprint density at radius 3 is 2.32 bits per heavy atom. The van der Waals surface area contributed by atoms with E-state index in [0.29, 0.717) is 12.1 Å². The molecule has 4 nitrogen and oxygen atoms in total. The van der Waals surface area contributed by atoms with Crippen LogP contribution in [0, 0.1) is 17.5 Å². The van der Waals surface area contributed by atoms with E-state index in [4.69, 9.17) is 5.11 Å². The number of carboxylic acids is 1. The smallest absolute Gasteiger partial charge is 0.305 e. The number of rotatable bonds is 5. The van der Waals surface area contributed by atoms with Gasteiger partial charge >= 0.3 is 5.97 Å². The maximum atomic E-state index is 13.3. The number of carboxylic acid groups (broad SMARTS) is 1. The van der Waals surface area contributed by atoms with Crippen molar-refractivity contribution in [3.8, 4) is 0 Å². The molecule has 1 aromatic carbocycles. The van der Waals surface area contributed by atoms with Gasteiger partial charge in [0, 0.05) is 25.2 Å². The predicted octanol–water partition coefficient (Wildman–Crippen LogP) is 1.58. The van der Waals surface area contributed by atoms with Gasteiger partial charge in [-0.3, -0.25) is 9.59 Å². The van der Waals surface area contributed by atoms with Gasteiger partial charge in [0.15, 0.2) is 11.6 Å². The average molecular weight is 275 g/mol. The number of hydrogen-bond acceptors (Lipinski definition) is 2. The van der Waals surface area contributed by atoms with Crippen LogP contribution in [0.25, 0.3) is 0 Å². The van der Waals surface area contributed by atoms with E-state index < -0.39 is 35.7 Å². The van der Waals surface area contributed by atoms with Gasteiger partial charge in [-0.1, -0.05) is 0 Å². The molecule has 0 aliphatic heterocycles. The molecule has 0 aromatic heterocycles. The van der Waals surface area contributed by atoms with Crippen LogP contribution in [0.3, 0.4) is 0 Å². The first-order valence-corrected chi connectivity index (χ1v) is 5.40. The van der Waals surface area contributed by atoms with Crippen molar-refractivity contribution in [3.05, 3.63) is 35.1 Å². The average Bonchev–Trinajstić information content (AvgIpc) is 2.32. The molecule has 1 N–H and O–H groups in total. The molecule has 0 fully saturated rings. The van der Waals surface area contributed by atoms with Gasteiger partial charge in [-0.25, -0.2) is 13.2 Å². The highest BCUT2D eigenvalue weighted by molar-refractivity contribution is 5.79. The van der Waals surface area contributed by atoms with Crippen LogP contribution in [0.4, 0.5) is 13.2 Å². The Bertz CT molecular complexity index is 505. The van der Waals surface area contributed by atoms with E-state index in [1.807, 2.05) is 0 Å². The lowest BCUT2D eigenvalue weighted by atomic mass is 10.1. The number of likely N-dealkylation sites (N-methyl/N-ethyl adjacent to an activating group) is 1. The van der Waals surface area contributed by atoms with Crippen molar-refractivity contribution in [2.24, 2.45) is 0 Å². The van der Waals surface area contributed by atoms with Crippen molar-refractivity contribution in [1.29, 1.82) is 0 Å². The van der Waals surface area contributed by atoms with Gasteiger partial charge in [0.05, 0.1) is 12.8 Å². The molecule has 0 saturated carbocycles. The lowest BCUT2D eigenvalue weighted by molar-refractivity contribution is -0.138. The molecule has 0 heterocycles. The summed E-state index contributed by atoms with van der Waals surface area (Å²) in [5, 5.41) is 8.46. The molecule has 1 rings (SSSR count). The number of amides is 1. The second-order valence-electron chi connectivity index (χ2n) is 3.99. The van der Waals surface area contributed by atoms with Gasteiger partial charge in [0.25, 0.3) is 0 Å². The number of carbonyl (C=O) groups is 2. The Hall–Kier alpha value is -2.05. The first-order chi connectivity index (χ1) is 8.81. The fourth-order valence-electron chi connectivity index (χ4n) is 1.39. The fraction of sp³-hybridized carbons (Fsp3) is 0.333. The van der Waals surface area contributed by atoms with Crippen molar-refractivity contribution >= 4 is 11.9 Å². The molecule has 0 aliphatic rings. The maximum absolute atomic E-state index is 13.3. The predicted molar refractivity (Wildman–Crippen MR) is 59.9 cm³/mol. The molecule has 0 saturated heterocycles. The Kier molecular flexibility index (Phi) is 4.91. The zero-order valence-corrected chi connectivity index (χ0v) is 10.1. The van der Waals surface area contributed by atoms with Crippen LogP contribution in [-0.4, -0.2) is 35.5 Å². The zero-order chi connectivity index (χ0) is 14.6. The molecule has 0 radical (unpaired) electrons. The van der Waals surface area contributed by atoms with Gasteiger partial charge in [0.2, 0.25) is 5.91 Å². The highest BCUT2D eigenvalue weighted by Crippen LogP contribution is 2.14. The van der Waals surface area contributed by atoms with Crippen LogP contribution in [0.1, 0.15) is 12.0 Å². The molecule has 7 heteroatoms. The normalized spacial score (nSPS) is 10.3. The maximum Gasteiger partial charge on any atom is 0.305 e. The topological polar surface area (TPSA) is 57.6 Å². The number of nitrogens with zero attached hydrogens (tertiary/aromatic N) is 1. The molecule has 0 spiro atoms. The van der Waals surface area contributed by atoms with Crippen molar-refractivity contribution in [2.45, 2.75) is 12.8 Å². The minimum atomic E-state index is -1.33. The number of benzene rings is 1. The number of halogens is 3. The molecule has 0 atom stereocenters. The minimum Gasteiger partial charge on any atom is -0.481 e. The number of carbonyl (C=O) groups excluding carboxylic acids is 1. The molecule has 104 valence electrons. The standard InChI is InChI=1S/C12H12F3NO3/c1-16(3-2-12(18)19)11(17)5-7-4-9(14)10(15)6-8(7)13/h4,6H,2-3,5H2,1H3,(H,18,19). The lowest BCUT2D eigenvalue weighted by Gasteiger charge is -2.16. The van der Waals surface area contributed by atoms with Gasteiger partial charge in [-0.2, -0.15) is 0 Å². The SMILES string of the molecule is CN(CCC(=O)O)C(=O)Cc1cc(F)c(F)cc1F. The third-order valence-corrected chi connectivity index (χ3v) is 2.52. The van der Waals surface area contributed by atoms with Crippen LogP contribution in [-0.2, 0) is 16.0 Å². The molecular weight excluding hydrogens is 263 g/mol. The number of aliphatic carboxylic acids is 1. The molecule has 1 amide bonds. The summed E-state index contributed by atoms with van der Waals surface area (Å²) >= 11 is 0. The summed E-state index contributed by atoms with van der Waals surface area (Å²) in [5.74, 6) is -5.23. The second-order valence-corrected chi connectivity index (χ2v) is 3.99. The molecule has 1 aromatic rings. The zero-order valence-electron chi connectivity index (χ0n) is 10.1. The first-order valence-electron chi connectivity index (χ1n) is 5.40. The first kappa shape index (κ1) is 15.0. The van der Waals surface area contributed by atoms with E-state index in [1.54, 1.807) is 0 Å². The van der Waals surface area contributed by atoms with E-state index in [1.165, 1.54) is 7.05 Å². The van der Waals surface area contributed by atoms with E-state index in [0.717, 1.165) is 4.90 Å².